The number of hydrogen-bond donors (Lipinski definition) is 1. The van der Waals surface area contributed by atoms with E-state index in [1.54, 1.807) is 0 Å². The van der Waals surface area contributed by atoms with Crippen molar-refractivity contribution in [3.8, 4) is 0 Å². The maximum absolute atomic E-state index is 6.01. The molecule has 1 saturated heterocycles. The van der Waals surface area contributed by atoms with E-state index in [0.29, 0.717) is 12.7 Å². The van der Waals surface area contributed by atoms with Crippen LogP contribution in [0.2, 0.25) is 0 Å². The number of allylic oxidation sites excluding steroid dienone is 4. The molecule has 1 aliphatic carbocycles. The molecule has 0 saturated carbocycles. The highest BCUT2D eigenvalue weighted by atomic mass is 16.5. The van der Waals surface area contributed by atoms with Crippen LogP contribution in [0.5, 0.6) is 0 Å². The number of nitrogens with zero attached hydrogens (tertiary/aromatic N) is 1. The lowest BCUT2D eigenvalue weighted by Gasteiger charge is -2.23. The molecule has 0 unspecified atom stereocenters. The Bertz CT molecular complexity index is 452. The summed E-state index contributed by atoms with van der Waals surface area (Å²) in [7, 11) is 0. The number of hydrogen-bond acceptors (Lipinski definition) is 4. The summed E-state index contributed by atoms with van der Waals surface area (Å²) in [5.41, 5.74) is 3.14. The first-order valence-electron chi connectivity index (χ1n) is 9.38. The summed E-state index contributed by atoms with van der Waals surface area (Å²) in [6.45, 7) is 14.2. The highest BCUT2D eigenvalue weighted by molar-refractivity contribution is 5.28. The van der Waals surface area contributed by atoms with Crippen molar-refractivity contribution in [2.24, 2.45) is 0 Å². The van der Waals surface area contributed by atoms with Crippen molar-refractivity contribution in [1.82, 2.24) is 10.2 Å². The zero-order chi connectivity index (χ0) is 17.6. The molecule has 0 radical (unpaired) electrons. The van der Waals surface area contributed by atoms with E-state index in [0.717, 1.165) is 57.1 Å². The third-order valence-corrected chi connectivity index (χ3v) is 4.02. The fraction of sp³-hybridized carbons (Fsp3) is 0.650. The quantitative estimate of drug-likeness (QED) is 0.687. The molecule has 0 amide bonds. The zero-order valence-electron chi connectivity index (χ0n) is 15.8. The second-order valence-corrected chi connectivity index (χ2v) is 5.54. The summed E-state index contributed by atoms with van der Waals surface area (Å²) in [6, 6.07) is 0. The highest BCUT2D eigenvalue weighted by Crippen LogP contribution is 2.15. The van der Waals surface area contributed by atoms with E-state index in [9.17, 15) is 0 Å². The van der Waals surface area contributed by atoms with Crippen LogP contribution in [0, 0.1) is 0 Å². The second kappa shape index (κ2) is 12.9. The fourth-order valence-electron chi connectivity index (χ4n) is 2.57. The van der Waals surface area contributed by atoms with Crippen LogP contribution in [0.15, 0.2) is 41.6 Å². The molecule has 2 rings (SSSR count). The average Bonchev–Trinajstić information content (AvgIpc) is 2.87. The molecular formula is C20H34N2O2. The van der Waals surface area contributed by atoms with Crippen LogP contribution < -0.4 is 5.32 Å². The van der Waals surface area contributed by atoms with E-state index >= 15 is 0 Å². The molecule has 0 aromatic rings. The van der Waals surface area contributed by atoms with Gasteiger partial charge in [0.2, 0.25) is 0 Å². The number of likely N-dealkylation sites (N-methyl/N-ethyl adjacent to an activating group) is 1. The first kappa shape index (κ1) is 20.6. The summed E-state index contributed by atoms with van der Waals surface area (Å²) >= 11 is 0. The van der Waals surface area contributed by atoms with E-state index in [2.05, 4.69) is 29.8 Å². The second-order valence-electron chi connectivity index (χ2n) is 5.54. The first-order chi connectivity index (χ1) is 11.8. The van der Waals surface area contributed by atoms with Crippen LogP contribution in [0.3, 0.4) is 0 Å². The lowest BCUT2D eigenvalue weighted by Crippen LogP contribution is -2.32. The lowest BCUT2D eigenvalue weighted by atomic mass is 10.1. The summed E-state index contributed by atoms with van der Waals surface area (Å²) in [5.74, 6) is 1.71. The Labute approximate surface area is 147 Å². The van der Waals surface area contributed by atoms with Gasteiger partial charge in [-0.2, -0.15) is 0 Å². The van der Waals surface area contributed by atoms with Crippen LogP contribution in [-0.4, -0.2) is 50.3 Å². The predicted molar refractivity (Wildman–Crippen MR) is 101 cm³/mol. The van der Waals surface area contributed by atoms with Crippen molar-refractivity contribution in [3.63, 3.8) is 0 Å². The molecule has 4 heteroatoms. The molecule has 2 aliphatic rings. The monoisotopic (exact) mass is 334 g/mol. The molecule has 136 valence electrons. The highest BCUT2D eigenvalue weighted by Gasteiger charge is 2.14. The molecule has 24 heavy (non-hydrogen) atoms. The molecule has 0 spiro atoms. The predicted octanol–water partition coefficient (Wildman–Crippen LogP) is 3.63. The Kier molecular flexibility index (Phi) is 11.0. The van der Waals surface area contributed by atoms with E-state index in [1.807, 2.05) is 38.2 Å². The van der Waals surface area contributed by atoms with Crippen molar-refractivity contribution in [2.45, 2.75) is 46.6 Å². The summed E-state index contributed by atoms with van der Waals surface area (Å²) < 4.78 is 11.8. The van der Waals surface area contributed by atoms with Gasteiger partial charge in [-0.25, -0.2) is 0 Å². The van der Waals surface area contributed by atoms with Gasteiger partial charge in [-0.3, -0.25) is 0 Å². The van der Waals surface area contributed by atoms with Crippen LogP contribution in [0.4, 0.5) is 0 Å². The van der Waals surface area contributed by atoms with Crippen LogP contribution in [-0.2, 0) is 9.47 Å². The first-order valence-corrected chi connectivity index (χ1v) is 9.38. The van der Waals surface area contributed by atoms with Crippen molar-refractivity contribution in [2.75, 3.05) is 39.3 Å². The number of ether oxygens (including phenoxy) is 2. The van der Waals surface area contributed by atoms with E-state index in [4.69, 9.17) is 9.47 Å². The summed E-state index contributed by atoms with van der Waals surface area (Å²) in [6.07, 6.45) is 10.1. The Hall–Kier alpha value is -1.48. The van der Waals surface area contributed by atoms with Gasteiger partial charge in [0, 0.05) is 18.7 Å². The fourth-order valence-corrected chi connectivity index (χ4v) is 2.57. The van der Waals surface area contributed by atoms with Gasteiger partial charge >= 0.3 is 0 Å². The normalized spacial score (nSPS) is 17.5. The number of piperidine rings is 1. The molecule has 0 atom stereocenters. The molecule has 0 bridgehead atoms. The molecule has 1 N–H and O–H groups in total. The lowest BCUT2D eigenvalue weighted by molar-refractivity contribution is 0.0960. The topological polar surface area (TPSA) is 33.7 Å². The standard InChI is InChI=1S/C18H28N2O2.C2H6/c1-3-20(4-2)14-15-21-16-6-5-7-17(9-8-16)22-18-10-12-19-13-11-18;1-2/h6-9,18-19H,3-4,10-15H2,1-2H3;1-2H3. The SMILES string of the molecule is CC.CCN(CC)CCOC1=CC=C(OC2CCNCC2)C=C=C1. The van der Waals surface area contributed by atoms with Gasteiger partial charge in [-0.05, 0) is 51.2 Å². The molecule has 1 aliphatic heterocycles. The van der Waals surface area contributed by atoms with Crippen molar-refractivity contribution >= 4 is 0 Å². The zero-order valence-corrected chi connectivity index (χ0v) is 15.8. The van der Waals surface area contributed by atoms with Gasteiger partial charge in [0.1, 0.15) is 24.2 Å². The molecule has 1 heterocycles. The molecule has 4 nitrogen and oxygen atoms in total. The van der Waals surface area contributed by atoms with Crippen LogP contribution >= 0.6 is 0 Å². The smallest absolute Gasteiger partial charge is 0.127 e. The van der Waals surface area contributed by atoms with Gasteiger partial charge in [0.25, 0.3) is 0 Å². The Morgan fingerprint density at radius 1 is 1.08 bits per heavy atom. The minimum absolute atomic E-state index is 0.309. The Morgan fingerprint density at radius 3 is 2.38 bits per heavy atom. The van der Waals surface area contributed by atoms with Gasteiger partial charge in [-0.1, -0.05) is 27.7 Å². The third kappa shape index (κ3) is 7.87. The van der Waals surface area contributed by atoms with Crippen molar-refractivity contribution in [3.05, 3.63) is 41.6 Å². The average molecular weight is 335 g/mol. The Balaban J connectivity index is 0.00000139. The minimum Gasteiger partial charge on any atom is -0.492 e. The van der Waals surface area contributed by atoms with Gasteiger partial charge < -0.3 is 19.7 Å². The van der Waals surface area contributed by atoms with Crippen LogP contribution in [0.25, 0.3) is 0 Å². The van der Waals surface area contributed by atoms with Gasteiger partial charge in [0.15, 0.2) is 0 Å². The maximum atomic E-state index is 6.01. The van der Waals surface area contributed by atoms with E-state index < -0.39 is 0 Å². The molecule has 1 fully saturated rings. The van der Waals surface area contributed by atoms with Crippen molar-refractivity contribution < 1.29 is 9.47 Å². The maximum Gasteiger partial charge on any atom is 0.127 e. The Morgan fingerprint density at radius 2 is 1.71 bits per heavy atom. The number of nitrogens with one attached hydrogen (secondary N) is 1. The third-order valence-electron chi connectivity index (χ3n) is 4.02. The summed E-state index contributed by atoms with van der Waals surface area (Å²) in [5, 5.41) is 3.35. The molecular weight excluding hydrogens is 300 g/mol. The number of rotatable bonds is 8. The molecule has 0 aromatic heterocycles. The minimum atomic E-state index is 0.309. The van der Waals surface area contributed by atoms with Crippen LogP contribution in [0.1, 0.15) is 40.5 Å². The molecule has 0 aromatic carbocycles. The van der Waals surface area contributed by atoms with Gasteiger partial charge in [0.05, 0.1) is 0 Å². The van der Waals surface area contributed by atoms with E-state index in [1.165, 1.54) is 0 Å². The van der Waals surface area contributed by atoms with Gasteiger partial charge in [-0.15, -0.1) is 5.73 Å². The van der Waals surface area contributed by atoms with Crippen molar-refractivity contribution in [1.29, 1.82) is 0 Å². The summed E-state index contributed by atoms with van der Waals surface area (Å²) in [4.78, 5) is 2.35. The van der Waals surface area contributed by atoms with E-state index in [-0.39, 0.29) is 0 Å². The largest absolute Gasteiger partial charge is 0.492 e.